The largest absolute Gasteiger partial charge is 0.472 e. The summed E-state index contributed by atoms with van der Waals surface area (Å²) >= 11 is 0. The van der Waals surface area contributed by atoms with Crippen LogP contribution in [-0.2, 0) is 16.0 Å². The lowest BCUT2D eigenvalue weighted by Gasteiger charge is -2.16. The van der Waals surface area contributed by atoms with Crippen LogP contribution in [0.4, 0.5) is 0 Å². The van der Waals surface area contributed by atoms with Gasteiger partial charge in [-0.2, -0.15) is 0 Å². The number of hydrogen-bond acceptors (Lipinski definition) is 5. The smallest absolute Gasteiger partial charge is 0.336 e. The number of aryl methyl sites for hydroxylation is 1. The van der Waals surface area contributed by atoms with E-state index in [-0.39, 0.29) is 6.10 Å². The Kier molecular flexibility index (Phi) is 8.13. The molecule has 0 aliphatic carbocycles. The molecule has 1 aliphatic rings. The maximum absolute atomic E-state index is 11.4. The molecular weight excluding hydrogens is 332 g/mol. The molecule has 0 amide bonds. The minimum absolute atomic E-state index is 0.340. The van der Waals surface area contributed by atoms with E-state index in [1.165, 1.54) is 11.6 Å². The summed E-state index contributed by atoms with van der Waals surface area (Å²) in [6.07, 6.45) is 11.4. The zero-order valence-electron chi connectivity index (χ0n) is 15.7. The van der Waals surface area contributed by atoms with E-state index in [0.29, 0.717) is 30.8 Å². The van der Waals surface area contributed by atoms with E-state index in [9.17, 15) is 15.0 Å². The number of carbonyl (C=O) groups is 1. The molecule has 26 heavy (non-hydrogen) atoms. The van der Waals surface area contributed by atoms with Crippen LogP contribution >= 0.6 is 0 Å². The Labute approximate surface area is 155 Å². The van der Waals surface area contributed by atoms with Crippen molar-refractivity contribution in [3.05, 3.63) is 47.5 Å². The van der Waals surface area contributed by atoms with E-state index in [1.807, 2.05) is 19.1 Å². The first-order chi connectivity index (χ1) is 12.4. The van der Waals surface area contributed by atoms with Crippen LogP contribution in [0.1, 0.15) is 57.9 Å². The van der Waals surface area contributed by atoms with Crippen LogP contribution in [-0.4, -0.2) is 28.6 Å². The summed E-state index contributed by atoms with van der Waals surface area (Å²) in [5.74, 6) is 0.0393. The molecule has 2 heterocycles. The van der Waals surface area contributed by atoms with E-state index < -0.39 is 12.3 Å². The third kappa shape index (κ3) is 7.18. The first-order valence-corrected chi connectivity index (χ1v) is 9.38. The third-order valence-corrected chi connectivity index (χ3v) is 4.71. The van der Waals surface area contributed by atoms with Gasteiger partial charge in [0.05, 0.1) is 18.6 Å². The molecule has 3 unspecified atom stereocenters. The van der Waals surface area contributed by atoms with Crippen LogP contribution in [0.5, 0.6) is 0 Å². The van der Waals surface area contributed by atoms with Crippen molar-refractivity contribution in [2.24, 2.45) is 5.92 Å². The molecule has 0 fully saturated rings. The van der Waals surface area contributed by atoms with Gasteiger partial charge >= 0.3 is 5.97 Å². The lowest BCUT2D eigenvalue weighted by molar-refractivity contribution is -0.151. The summed E-state index contributed by atoms with van der Waals surface area (Å²) in [6.45, 7) is 4.18. The van der Waals surface area contributed by atoms with Crippen molar-refractivity contribution in [2.75, 3.05) is 0 Å². The number of esters is 1. The quantitative estimate of drug-likeness (QED) is 0.461. The Morgan fingerprint density at radius 2 is 2.19 bits per heavy atom. The Morgan fingerprint density at radius 1 is 1.38 bits per heavy atom. The second-order valence-corrected chi connectivity index (χ2v) is 7.30. The summed E-state index contributed by atoms with van der Waals surface area (Å²) in [4.78, 5) is 11.4. The van der Waals surface area contributed by atoms with Crippen molar-refractivity contribution in [3.63, 3.8) is 0 Å². The Balaban J connectivity index is 1.61. The molecule has 0 radical (unpaired) electrons. The lowest BCUT2D eigenvalue weighted by atomic mass is 9.93. The highest BCUT2D eigenvalue weighted by Crippen LogP contribution is 2.21. The summed E-state index contributed by atoms with van der Waals surface area (Å²) in [5.41, 5.74) is 2.87. The zero-order chi connectivity index (χ0) is 18.9. The molecule has 1 aromatic rings. The van der Waals surface area contributed by atoms with Crippen LogP contribution in [0.3, 0.4) is 0 Å². The predicted molar refractivity (Wildman–Crippen MR) is 99.2 cm³/mol. The molecule has 3 atom stereocenters. The second-order valence-electron chi connectivity index (χ2n) is 7.30. The molecule has 0 saturated carbocycles. The predicted octanol–water partition coefficient (Wildman–Crippen LogP) is 3.91. The molecule has 0 saturated heterocycles. The van der Waals surface area contributed by atoms with Crippen LogP contribution in [0, 0.1) is 5.92 Å². The molecule has 0 spiro atoms. The molecule has 0 aromatic carbocycles. The maximum atomic E-state index is 11.4. The maximum Gasteiger partial charge on any atom is 0.336 e. The minimum Gasteiger partial charge on any atom is -0.472 e. The van der Waals surface area contributed by atoms with E-state index in [4.69, 9.17) is 4.42 Å². The lowest BCUT2D eigenvalue weighted by Crippen LogP contribution is -2.12. The summed E-state index contributed by atoms with van der Waals surface area (Å²) in [5, 5.41) is 19.5. The summed E-state index contributed by atoms with van der Waals surface area (Å²) in [7, 11) is 0. The van der Waals surface area contributed by atoms with Crippen molar-refractivity contribution < 1.29 is 24.2 Å². The van der Waals surface area contributed by atoms with Crippen molar-refractivity contribution in [3.8, 4) is 0 Å². The van der Waals surface area contributed by atoms with Gasteiger partial charge in [-0.25, -0.2) is 4.79 Å². The molecule has 2 N–H and O–H groups in total. The molecular formula is C21H30O5. The average Bonchev–Trinajstić information content (AvgIpc) is 3.17. The third-order valence-electron chi connectivity index (χ3n) is 4.71. The molecule has 0 bridgehead atoms. The number of furan rings is 1. The highest BCUT2D eigenvalue weighted by atomic mass is 16.6. The number of rotatable bonds is 11. The van der Waals surface area contributed by atoms with Crippen molar-refractivity contribution in [1.82, 2.24) is 0 Å². The fraction of sp³-hybridized carbons (Fsp3) is 0.571. The van der Waals surface area contributed by atoms with Crippen molar-refractivity contribution >= 4 is 5.97 Å². The molecule has 5 heteroatoms. The summed E-state index contributed by atoms with van der Waals surface area (Å²) < 4.78 is 9.72. The standard InChI is InChI=1S/C21H30O5/c1-15(5-3-7-17-9-10-25-14-17)11-19(22)12-16(2)6-4-8-18-13-20(23)26-21(18)24/h6,9-10,13-15,19-20,22-23H,3-5,7-8,11-12H2,1-2H3. The van der Waals surface area contributed by atoms with Crippen molar-refractivity contribution in [1.29, 1.82) is 0 Å². The highest BCUT2D eigenvalue weighted by molar-refractivity contribution is 5.90. The topological polar surface area (TPSA) is 79.9 Å². The van der Waals surface area contributed by atoms with Gasteiger partial charge in [-0.15, -0.1) is 0 Å². The normalized spacial score (nSPS) is 20.0. The second kappa shape index (κ2) is 10.3. The van der Waals surface area contributed by atoms with Gasteiger partial charge in [-0.05, 0) is 69.1 Å². The fourth-order valence-electron chi connectivity index (χ4n) is 3.33. The van der Waals surface area contributed by atoms with E-state index in [1.54, 1.807) is 12.5 Å². The fourth-order valence-corrected chi connectivity index (χ4v) is 3.33. The first-order valence-electron chi connectivity index (χ1n) is 9.38. The van der Waals surface area contributed by atoms with Crippen LogP contribution in [0.25, 0.3) is 0 Å². The van der Waals surface area contributed by atoms with Gasteiger partial charge in [0.15, 0.2) is 0 Å². The highest BCUT2D eigenvalue weighted by Gasteiger charge is 2.22. The number of carbonyl (C=O) groups excluding carboxylic acids is 1. The molecule has 5 nitrogen and oxygen atoms in total. The van der Waals surface area contributed by atoms with Crippen LogP contribution in [0.15, 0.2) is 46.3 Å². The van der Waals surface area contributed by atoms with Gasteiger partial charge < -0.3 is 19.4 Å². The van der Waals surface area contributed by atoms with Crippen molar-refractivity contribution in [2.45, 2.75) is 71.2 Å². The van der Waals surface area contributed by atoms with E-state index in [0.717, 1.165) is 31.3 Å². The van der Waals surface area contributed by atoms with Gasteiger partial charge in [0.25, 0.3) is 0 Å². The van der Waals surface area contributed by atoms with E-state index in [2.05, 4.69) is 11.7 Å². The first kappa shape index (κ1) is 20.5. The number of hydrogen-bond donors (Lipinski definition) is 2. The molecule has 1 aliphatic heterocycles. The van der Waals surface area contributed by atoms with Crippen LogP contribution in [0.2, 0.25) is 0 Å². The number of aliphatic hydroxyl groups excluding tert-OH is 2. The number of allylic oxidation sites excluding steroid dienone is 1. The number of aliphatic hydroxyl groups is 2. The molecule has 2 rings (SSSR count). The zero-order valence-corrected chi connectivity index (χ0v) is 15.7. The SMILES string of the molecule is CC(=CCCC1=CC(O)OC1=O)CC(O)CC(C)CCCc1ccoc1. The monoisotopic (exact) mass is 362 g/mol. The van der Waals surface area contributed by atoms with Gasteiger partial charge in [-0.1, -0.05) is 25.0 Å². The van der Waals surface area contributed by atoms with E-state index >= 15 is 0 Å². The average molecular weight is 362 g/mol. The van der Waals surface area contributed by atoms with Gasteiger partial charge in [0, 0.05) is 5.57 Å². The Bertz CT molecular complexity index is 614. The number of ether oxygens (including phenoxy) is 1. The van der Waals surface area contributed by atoms with Gasteiger partial charge in [0.1, 0.15) is 0 Å². The Morgan fingerprint density at radius 3 is 2.85 bits per heavy atom. The minimum atomic E-state index is -1.10. The number of cyclic esters (lactones) is 1. The van der Waals surface area contributed by atoms with Gasteiger partial charge in [-0.3, -0.25) is 0 Å². The summed E-state index contributed by atoms with van der Waals surface area (Å²) in [6, 6.07) is 2.00. The molecule has 1 aromatic heterocycles. The van der Waals surface area contributed by atoms with Crippen LogP contribution < -0.4 is 0 Å². The van der Waals surface area contributed by atoms with Gasteiger partial charge in [0.2, 0.25) is 6.29 Å². The molecule has 144 valence electrons. The Hall–Kier alpha value is -1.85.